The van der Waals surface area contributed by atoms with E-state index < -0.39 is 17.6 Å². The van der Waals surface area contributed by atoms with Crippen molar-refractivity contribution in [3.63, 3.8) is 0 Å². The molecule has 0 bridgehead atoms. The summed E-state index contributed by atoms with van der Waals surface area (Å²) in [5, 5.41) is 2.83. The average molecular weight is 167 g/mol. The summed E-state index contributed by atoms with van der Waals surface area (Å²) >= 11 is 0. The largest absolute Gasteiger partial charge is 0.393 e. The number of alkyl halides is 3. The fourth-order valence-electron chi connectivity index (χ4n) is 1.60. The van der Waals surface area contributed by atoms with Crippen LogP contribution in [0.4, 0.5) is 13.2 Å². The van der Waals surface area contributed by atoms with Crippen molar-refractivity contribution in [1.82, 2.24) is 5.32 Å². The van der Waals surface area contributed by atoms with Crippen LogP contribution in [0.15, 0.2) is 0 Å². The van der Waals surface area contributed by atoms with Gasteiger partial charge in [0.1, 0.15) is 0 Å². The lowest BCUT2D eigenvalue weighted by Crippen LogP contribution is -2.44. The molecule has 0 aromatic carbocycles. The van der Waals surface area contributed by atoms with E-state index in [4.69, 9.17) is 0 Å². The highest BCUT2D eigenvalue weighted by molar-refractivity contribution is 4.95. The maximum atomic E-state index is 12.2. The second-order valence-corrected chi connectivity index (χ2v) is 3.53. The van der Waals surface area contributed by atoms with Gasteiger partial charge in [-0.1, -0.05) is 0 Å². The molecule has 0 saturated carbocycles. The highest BCUT2D eigenvalue weighted by Crippen LogP contribution is 2.39. The van der Waals surface area contributed by atoms with Crippen LogP contribution in [-0.4, -0.2) is 18.3 Å². The molecule has 1 aliphatic heterocycles. The van der Waals surface area contributed by atoms with Crippen molar-refractivity contribution in [2.45, 2.75) is 32.0 Å². The van der Waals surface area contributed by atoms with E-state index in [0.717, 1.165) is 0 Å². The predicted octanol–water partition coefficient (Wildman–Crippen LogP) is 1.94. The SMILES string of the molecule is CC1(C)NCCC1C(F)(F)F. The smallest absolute Gasteiger partial charge is 0.311 e. The van der Waals surface area contributed by atoms with Crippen molar-refractivity contribution in [2.75, 3.05) is 6.54 Å². The van der Waals surface area contributed by atoms with Gasteiger partial charge in [-0.2, -0.15) is 13.2 Å². The lowest BCUT2D eigenvalue weighted by Gasteiger charge is -2.28. The fraction of sp³-hybridized carbons (Fsp3) is 1.00. The van der Waals surface area contributed by atoms with E-state index >= 15 is 0 Å². The maximum absolute atomic E-state index is 12.2. The fourth-order valence-corrected chi connectivity index (χ4v) is 1.60. The summed E-state index contributed by atoms with van der Waals surface area (Å²) in [6.45, 7) is 3.66. The summed E-state index contributed by atoms with van der Waals surface area (Å²) in [6, 6.07) is 0. The van der Waals surface area contributed by atoms with Crippen molar-refractivity contribution in [1.29, 1.82) is 0 Å². The normalized spacial score (nSPS) is 30.8. The van der Waals surface area contributed by atoms with Gasteiger partial charge in [0.15, 0.2) is 0 Å². The molecule has 0 radical (unpaired) electrons. The Morgan fingerprint density at radius 1 is 1.36 bits per heavy atom. The molecule has 1 N–H and O–H groups in total. The number of nitrogens with one attached hydrogen (secondary N) is 1. The first kappa shape index (κ1) is 8.84. The molecule has 0 aromatic heterocycles. The van der Waals surface area contributed by atoms with E-state index in [-0.39, 0.29) is 6.42 Å². The molecule has 4 heteroatoms. The lowest BCUT2D eigenvalue weighted by molar-refractivity contribution is -0.184. The number of halogens is 3. The van der Waals surface area contributed by atoms with Gasteiger partial charge in [0.05, 0.1) is 5.92 Å². The molecule has 1 atom stereocenters. The van der Waals surface area contributed by atoms with Crippen molar-refractivity contribution in [2.24, 2.45) is 5.92 Å². The first-order chi connectivity index (χ1) is 4.84. The Morgan fingerprint density at radius 3 is 2.09 bits per heavy atom. The zero-order valence-corrected chi connectivity index (χ0v) is 6.63. The van der Waals surface area contributed by atoms with Crippen LogP contribution < -0.4 is 5.32 Å². The minimum Gasteiger partial charge on any atom is -0.311 e. The van der Waals surface area contributed by atoms with Gasteiger partial charge in [-0.15, -0.1) is 0 Å². The van der Waals surface area contributed by atoms with Crippen molar-refractivity contribution < 1.29 is 13.2 Å². The lowest BCUT2D eigenvalue weighted by atomic mass is 9.89. The average Bonchev–Trinajstić information content (AvgIpc) is 2.06. The minimum atomic E-state index is -4.05. The van der Waals surface area contributed by atoms with E-state index in [9.17, 15) is 13.2 Å². The Labute approximate surface area is 64.0 Å². The van der Waals surface area contributed by atoms with Crippen molar-refractivity contribution >= 4 is 0 Å². The summed E-state index contributed by atoms with van der Waals surface area (Å²) in [5.74, 6) is -1.19. The van der Waals surface area contributed by atoms with Crippen LogP contribution >= 0.6 is 0 Å². The molecule has 1 saturated heterocycles. The summed E-state index contributed by atoms with van der Waals surface area (Å²) in [5.41, 5.74) is -0.780. The van der Waals surface area contributed by atoms with Gasteiger partial charge in [0.25, 0.3) is 0 Å². The number of rotatable bonds is 0. The molecule has 66 valence electrons. The quantitative estimate of drug-likeness (QED) is 0.581. The van der Waals surface area contributed by atoms with Gasteiger partial charge < -0.3 is 5.32 Å². The second-order valence-electron chi connectivity index (χ2n) is 3.53. The molecule has 1 unspecified atom stereocenters. The van der Waals surface area contributed by atoms with Gasteiger partial charge in [-0.3, -0.25) is 0 Å². The van der Waals surface area contributed by atoms with Crippen LogP contribution in [0.2, 0.25) is 0 Å². The second kappa shape index (κ2) is 2.37. The molecule has 1 heterocycles. The summed E-state index contributed by atoms with van der Waals surface area (Å²) < 4.78 is 36.6. The van der Waals surface area contributed by atoms with Gasteiger partial charge in [-0.25, -0.2) is 0 Å². The monoisotopic (exact) mass is 167 g/mol. The van der Waals surface area contributed by atoms with Gasteiger partial charge in [0.2, 0.25) is 0 Å². The van der Waals surface area contributed by atoms with Crippen LogP contribution in [0.5, 0.6) is 0 Å². The summed E-state index contributed by atoms with van der Waals surface area (Å²) in [6.07, 6.45) is -3.84. The highest BCUT2D eigenvalue weighted by atomic mass is 19.4. The Kier molecular flexibility index (Phi) is 1.90. The Bertz CT molecular complexity index is 150. The Morgan fingerprint density at radius 2 is 1.91 bits per heavy atom. The Balaban J connectivity index is 2.73. The minimum absolute atomic E-state index is 0.205. The van der Waals surface area contributed by atoms with Gasteiger partial charge >= 0.3 is 6.18 Å². The van der Waals surface area contributed by atoms with Crippen LogP contribution in [0.25, 0.3) is 0 Å². The molecule has 0 spiro atoms. The van der Waals surface area contributed by atoms with Crippen LogP contribution in [0.3, 0.4) is 0 Å². The molecule has 1 aliphatic rings. The molecule has 1 rings (SSSR count). The number of hydrogen-bond donors (Lipinski definition) is 1. The first-order valence-electron chi connectivity index (χ1n) is 3.66. The molecule has 0 aromatic rings. The molecule has 0 amide bonds. The molecular formula is C7H12F3N. The van der Waals surface area contributed by atoms with Gasteiger partial charge in [-0.05, 0) is 26.8 Å². The van der Waals surface area contributed by atoms with Crippen LogP contribution in [0.1, 0.15) is 20.3 Å². The van der Waals surface area contributed by atoms with E-state index in [1.807, 2.05) is 0 Å². The van der Waals surface area contributed by atoms with Crippen molar-refractivity contribution in [3.8, 4) is 0 Å². The number of hydrogen-bond acceptors (Lipinski definition) is 1. The molecule has 0 aliphatic carbocycles. The zero-order chi connectivity index (χ0) is 8.70. The summed E-state index contributed by atoms with van der Waals surface area (Å²) in [4.78, 5) is 0. The topological polar surface area (TPSA) is 12.0 Å². The molecule has 11 heavy (non-hydrogen) atoms. The van der Waals surface area contributed by atoms with E-state index in [0.29, 0.717) is 6.54 Å². The third kappa shape index (κ3) is 1.67. The third-order valence-electron chi connectivity index (χ3n) is 2.28. The van der Waals surface area contributed by atoms with Crippen molar-refractivity contribution in [3.05, 3.63) is 0 Å². The molecule has 1 nitrogen and oxygen atoms in total. The standard InChI is InChI=1S/C7H12F3N/c1-6(2)5(3-4-11-6)7(8,9)10/h5,11H,3-4H2,1-2H3. The molecular weight excluding hydrogens is 155 g/mol. The first-order valence-corrected chi connectivity index (χ1v) is 3.66. The zero-order valence-electron chi connectivity index (χ0n) is 6.63. The summed E-state index contributed by atoms with van der Waals surface area (Å²) in [7, 11) is 0. The Hall–Kier alpha value is -0.250. The van der Waals surface area contributed by atoms with E-state index in [2.05, 4.69) is 5.32 Å². The van der Waals surface area contributed by atoms with Crippen LogP contribution in [-0.2, 0) is 0 Å². The highest BCUT2D eigenvalue weighted by Gasteiger charge is 2.51. The van der Waals surface area contributed by atoms with Gasteiger partial charge in [0, 0.05) is 5.54 Å². The third-order valence-corrected chi connectivity index (χ3v) is 2.28. The van der Waals surface area contributed by atoms with Crippen LogP contribution in [0, 0.1) is 5.92 Å². The maximum Gasteiger partial charge on any atom is 0.393 e. The van der Waals surface area contributed by atoms with E-state index in [1.54, 1.807) is 13.8 Å². The molecule has 1 fully saturated rings. The predicted molar refractivity (Wildman–Crippen MR) is 36.2 cm³/mol. The van der Waals surface area contributed by atoms with E-state index in [1.165, 1.54) is 0 Å².